The van der Waals surface area contributed by atoms with E-state index in [2.05, 4.69) is 22.0 Å². The number of ether oxygens (including phenoxy) is 1. The molecule has 4 heterocycles. The van der Waals surface area contributed by atoms with Crippen molar-refractivity contribution >= 4 is 5.82 Å². The fourth-order valence-electron chi connectivity index (χ4n) is 3.85. The molecule has 0 amide bonds. The van der Waals surface area contributed by atoms with Crippen molar-refractivity contribution in [3.63, 3.8) is 0 Å². The van der Waals surface area contributed by atoms with Crippen LogP contribution in [0.4, 0.5) is 5.82 Å². The van der Waals surface area contributed by atoms with Crippen molar-refractivity contribution in [2.45, 2.75) is 27.7 Å². The summed E-state index contributed by atoms with van der Waals surface area (Å²) < 4.78 is 10.9. The van der Waals surface area contributed by atoms with Crippen molar-refractivity contribution in [1.82, 2.24) is 15.1 Å². The van der Waals surface area contributed by atoms with Crippen LogP contribution in [0.15, 0.2) is 4.52 Å². The Morgan fingerprint density at radius 2 is 1.70 bits per heavy atom. The predicted octanol–water partition coefficient (Wildman–Crippen LogP) is 2.45. The molecule has 6 heteroatoms. The number of hydrogen-bond donors (Lipinski definition) is 0. The molecule has 122 valence electrons. The Morgan fingerprint density at radius 3 is 2.30 bits per heavy atom. The second-order valence-electron chi connectivity index (χ2n) is 6.73. The van der Waals surface area contributed by atoms with Crippen LogP contribution in [-0.4, -0.2) is 41.4 Å². The van der Waals surface area contributed by atoms with Crippen molar-refractivity contribution < 1.29 is 9.26 Å². The number of anilines is 1. The van der Waals surface area contributed by atoms with Gasteiger partial charge in [0.05, 0.1) is 30.2 Å². The molecule has 0 spiro atoms. The molecule has 0 bridgehead atoms. The molecule has 4 rings (SSSR count). The molecule has 6 nitrogen and oxygen atoms in total. The van der Waals surface area contributed by atoms with Gasteiger partial charge in [-0.2, -0.15) is 0 Å². The zero-order valence-electron chi connectivity index (χ0n) is 14.1. The fourth-order valence-corrected chi connectivity index (χ4v) is 3.85. The van der Waals surface area contributed by atoms with E-state index >= 15 is 0 Å². The predicted molar refractivity (Wildman–Crippen MR) is 86.5 cm³/mol. The first-order valence-electron chi connectivity index (χ1n) is 8.15. The minimum absolute atomic E-state index is 0.632. The maximum Gasteiger partial charge on any atom is 0.143 e. The van der Waals surface area contributed by atoms with Crippen molar-refractivity contribution in [1.29, 1.82) is 0 Å². The van der Waals surface area contributed by atoms with Gasteiger partial charge in [-0.15, -0.1) is 0 Å². The van der Waals surface area contributed by atoms with E-state index in [9.17, 15) is 0 Å². The maximum atomic E-state index is 5.58. The summed E-state index contributed by atoms with van der Waals surface area (Å²) >= 11 is 0. The number of nitrogens with zero attached hydrogens (tertiary/aromatic N) is 4. The van der Waals surface area contributed by atoms with Gasteiger partial charge in [-0.3, -0.25) is 0 Å². The van der Waals surface area contributed by atoms with Crippen molar-refractivity contribution in [3.8, 4) is 11.3 Å². The van der Waals surface area contributed by atoms with Crippen LogP contribution in [-0.2, 0) is 4.74 Å². The average molecular weight is 314 g/mol. The van der Waals surface area contributed by atoms with Gasteiger partial charge in [0.1, 0.15) is 17.4 Å². The summed E-state index contributed by atoms with van der Waals surface area (Å²) in [6.45, 7) is 11.7. The standard InChI is InChI=1S/C17H22N4O2/c1-9-16(15-10(2)20-23-11(15)3)18-12(4)19-17(9)21-5-13-7-22-8-14(13)6-21/h13-14H,5-8H2,1-4H3/t13-,14+. The van der Waals surface area contributed by atoms with Crippen LogP contribution < -0.4 is 4.90 Å². The highest BCUT2D eigenvalue weighted by molar-refractivity contribution is 5.71. The molecule has 0 unspecified atom stereocenters. The molecule has 0 saturated carbocycles. The molecule has 0 aromatic carbocycles. The van der Waals surface area contributed by atoms with Gasteiger partial charge >= 0.3 is 0 Å². The Kier molecular flexibility index (Phi) is 3.37. The molecule has 2 aromatic rings. The Balaban J connectivity index is 1.77. The van der Waals surface area contributed by atoms with E-state index in [0.717, 1.165) is 66.2 Å². The number of fused-ring (bicyclic) bond motifs is 1. The molecule has 2 aliphatic rings. The summed E-state index contributed by atoms with van der Waals surface area (Å²) in [6, 6.07) is 0. The zero-order valence-corrected chi connectivity index (χ0v) is 14.1. The summed E-state index contributed by atoms with van der Waals surface area (Å²) in [4.78, 5) is 11.8. The van der Waals surface area contributed by atoms with Crippen molar-refractivity contribution in [3.05, 3.63) is 22.8 Å². The largest absolute Gasteiger partial charge is 0.381 e. The summed E-state index contributed by atoms with van der Waals surface area (Å²) in [6.07, 6.45) is 0. The topological polar surface area (TPSA) is 64.3 Å². The van der Waals surface area contributed by atoms with E-state index < -0.39 is 0 Å². The maximum absolute atomic E-state index is 5.58. The van der Waals surface area contributed by atoms with Crippen LogP contribution in [0.2, 0.25) is 0 Å². The Morgan fingerprint density at radius 1 is 1.00 bits per heavy atom. The van der Waals surface area contributed by atoms with Gasteiger partial charge in [-0.1, -0.05) is 5.16 Å². The molecular formula is C17H22N4O2. The zero-order chi connectivity index (χ0) is 16.1. The van der Waals surface area contributed by atoms with E-state index in [1.54, 1.807) is 0 Å². The molecule has 2 atom stereocenters. The van der Waals surface area contributed by atoms with Crippen LogP contribution in [0.25, 0.3) is 11.3 Å². The number of rotatable bonds is 2. The third kappa shape index (κ3) is 2.32. The van der Waals surface area contributed by atoms with Gasteiger partial charge in [-0.05, 0) is 27.7 Å². The van der Waals surface area contributed by atoms with Crippen LogP contribution in [0.5, 0.6) is 0 Å². The van der Waals surface area contributed by atoms with E-state index in [1.807, 2.05) is 20.8 Å². The highest BCUT2D eigenvalue weighted by Gasteiger charge is 2.38. The molecule has 0 aliphatic carbocycles. The lowest BCUT2D eigenvalue weighted by Gasteiger charge is -2.22. The van der Waals surface area contributed by atoms with Gasteiger partial charge in [0, 0.05) is 30.5 Å². The second-order valence-corrected chi connectivity index (χ2v) is 6.73. The van der Waals surface area contributed by atoms with E-state index in [-0.39, 0.29) is 0 Å². The minimum atomic E-state index is 0.632. The number of aromatic nitrogens is 3. The van der Waals surface area contributed by atoms with Crippen LogP contribution in [0, 0.1) is 39.5 Å². The van der Waals surface area contributed by atoms with E-state index in [4.69, 9.17) is 14.2 Å². The SMILES string of the molecule is Cc1nc(-c2c(C)noc2C)c(C)c(N2C[C@H]3COC[C@H]3C2)n1. The molecular weight excluding hydrogens is 292 g/mol. The van der Waals surface area contributed by atoms with Gasteiger partial charge in [0.15, 0.2) is 0 Å². The summed E-state index contributed by atoms with van der Waals surface area (Å²) in [5, 5.41) is 4.07. The number of aryl methyl sites for hydroxylation is 3. The highest BCUT2D eigenvalue weighted by Crippen LogP contribution is 2.36. The second kappa shape index (κ2) is 5.30. The first-order valence-corrected chi connectivity index (χ1v) is 8.15. The Bertz CT molecular complexity index is 724. The Labute approximate surface area is 135 Å². The quantitative estimate of drug-likeness (QED) is 0.848. The van der Waals surface area contributed by atoms with Gasteiger partial charge in [0.25, 0.3) is 0 Å². The lowest BCUT2D eigenvalue weighted by Crippen LogP contribution is -2.25. The molecule has 2 aliphatic heterocycles. The lowest BCUT2D eigenvalue weighted by molar-refractivity contribution is 0.177. The first kappa shape index (κ1) is 14.6. The molecule has 0 N–H and O–H groups in total. The van der Waals surface area contributed by atoms with E-state index in [0.29, 0.717) is 11.8 Å². The van der Waals surface area contributed by atoms with Gasteiger partial charge < -0.3 is 14.2 Å². The minimum Gasteiger partial charge on any atom is -0.381 e. The van der Waals surface area contributed by atoms with Gasteiger partial charge in [0.2, 0.25) is 0 Å². The summed E-state index contributed by atoms with van der Waals surface area (Å²) in [5.41, 5.74) is 3.92. The monoisotopic (exact) mass is 314 g/mol. The summed E-state index contributed by atoms with van der Waals surface area (Å²) in [5.74, 6) is 3.90. The third-order valence-electron chi connectivity index (χ3n) is 5.04. The third-order valence-corrected chi connectivity index (χ3v) is 5.04. The van der Waals surface area contributed by atoms with E-state index in [1.165, 1.54) is 0 Å². The van der Waals surface area contributed by atoms with Crippen LogP contribution in [0.3, 0.4) is 0 Å². The van der Waals surface area contributed by atoms with Crippen LogP contribution in [0.1, 0.15) is 22.8 Å². The highest BCUT2D eigenvalue weighted by atomic mass is 16.5. The molecule has 0 radical (unpaired) electrons. The smallest absolute Gasteiger partial charge is 0.143 e. The number of hydrogen-bond acceptors (Lipinski definition) is 6. The molecule has 23 heavy (non-hydrogen) atoms. The Hall–Kier alpha value is -1.95. The average Bonchev–Trinajstić information content (AvgIpc) is 3.17. The van der Waals surface area contributed by atoms with Gasteiger partial charge in [-0.25, -0.2) is 9.97 Å². The molecule has 2 aromatic heterocycles. The normalized spacial score (nSPS) is 23.6. The molecule has 2 fully saturated rings. The molecule has 2 saturated heterocycles. The first-order chi connectivity index (χ1) is 11.0. The van der Waals surface area contributed by atoms with Crippen LogP contribution >= 0.6 is 0 Å². The van der Waals surface area contributed by atoms with Crippen molar-refractivity contribution in [2.24, 2.45) is 11.8 Å². The van der Waals surface area contributed by atoms with Crippen molar-refractivity contribution in [2.75, 3.05) is 31.2 Å². The summed E-state index contributed by atoms with van der Waals surface area (Å²) in [7, 11) is 0. The fraction of sp³-hybridized carbons (Fsp3) is 0.588. The lowest BCUT2D eigenvalue weighted by atomic mass is 10.0.